The molecule has 0 aromatic heterocycles. The lowest BCUT2D eigenvalue weighted by atomic mass is 9.95. The average Bonchev–Trinajstić information content (AvgIpc) is 1.45. The van der Waals surface area contributed by atoms with Crippen LogP contribution in [-0.2, 0) is 41.5 Å². The van der Waals surface area contributed by atoms with Gasteiger partial charge in [0.15, 0.2) is 12.6 Å². The molecule has 0 radical (unpaired) electrons. The predicted molar refractivity (Wildman–Crippen MR) is 349 cm³/mol. The quantitative estimate of drug-likeness (QED) is 0.0245. The van der Waals surface area contributed by atoms with Crippen LogP contribution in [0.1, 0.15) is 225 Å². The number of carbonyl (C=O) groups is 1. The van der Waals surface area contributed by atoms with Gasteiger partial charge in [-0.05, 0) is 218 Å². The number of rotatable bonds is 41. The molecule has 0 aliphatic carbocycles. The Labute approximate surface area is 529 Å². The number of hydrogen-bond acceptors (Lipinski definition) is 16. The third-order valence-electron chi connectivity index (χ3n) is 15.8. The summed E-state index contributed by atoms with van der Waals surface area (Å²) >= 11 is 0. The largest absolute Gasteiger partial charge is 0.756 e. The number of phosphoric acid groups is 2. The highest BCUT2D eigenvalue weighted by Gasteiger charge is 2.52. The third kappa shape index (κ3) is 35.4. The minimum atomic E-state index is -5.91. The van der Waals surface area contributed by atoms with Gasteiger partial charge < -0.3 is 59.4 Å². The van der Waals surface area contributed by atoms with E-state index in [0.717, 1.165) is 128 Å². The molecular weight excluding hydrogens is 1160 g/mol. The molecule has 0 spiro atoms. The summed E-state index contributed by atoms with van der Waals surface area (Å²) in [6.07, 6.45) is 30.5. The summed E-state index contributed by atoms with van der Waals surface area (Å²) in [5, 5.41) is 54.0. The Kier molecular flexibility index (Phi) is 39.8. The van der Waals surface area contributed by atoms with Crippen LogP contribution < -0.4 is 15.1 Å². The Morgan fingerprint density at radius 2 is 0.784 bits per heavy atom. The minimum Gasteiger partial charge on any atom is -0.756 e. The SMILES string of the molecule is CC(=O)NC1C(OP(=O)([O-])OP(=O)([O-])OC/C=C(\C)CC/C=C(\C)CC/C=C(\C)CC/C=C(\C)CC/C=C(\C)CC/C=C(\C)CC/C=C(\C)CC/C=C(\C)CC/C=C(\C)CC/C=C(\C)CCC=C(C)C)OC(CO)C(O)C1OC1OC(C)C(O)C(O)C1O. The Balaban J connectivity index is 1.69. The lowest BCUT2D eigenvalue weighted by molar-refractivity contribution is -0.339. The summed E-state index contributed by atoms with van der Waals surface area (Å²) in [6, 6.07) is -1.76. The molecule has 17 nitrogen and oxygen atoms in total. The highest BCUT2D eigenvalue weighted by molar-refractivity contribution is 7.59. The molecule has 2 saturated heterocycles. The molecule has 0 saturated carbocycles. The molecule has 12 atom stereocenters. The number of aliphatic hydroxyl groups excluding tert-OH is 5. The Morgan fingerprint density at radius 1 is 0.455 bits per heavy atom. The lowest BCUT2D eigenvalue weighted by Crippen LogP contribution is -2.67. The van der Waals surface area contributed by atoms with Gasteiger partial charge in [0.05, 0.1) is 19.3 Å². The van der Waals surface area contributed by atoms with Crippen molar-refractivity contribution in [1.82, 2.24) is 5.32 Å². The normalized spacial score (nSPS) is 25.8. The molecule has 12 unspecified atom stereocenters. The van der Waals surface area contributed by atoms with Crippen molar-refractivity contribution in [3.8, 4) is 0 Å². The Bertz CT molecular complexity index is 2570. The van der Waals surface area contributed by atoms with E-state index in [1.807, 2.05) is 0 Å². The van der Waals surface area contributed by atoms with Crippen molar-refractivity contribution in [1.29, 1.82) is 0 Å². The fourth-order valence-electron chi connectivity index (χ4n) is 10.1. The number of aliphatic hydroxyl groups is 5. The zero-order valence-electron chi connectivity index (χ0n) is 55.8. The van der Waals surface area contributed by atoms with Crippen molar-refractivity contribution in [2.75, 3.05) is 13.2 Å². The molecule has 2 rings (SSSR count). The highest BCUT2D eigenvalue weighted by atomic mass is 31.3. The summed E-state index contributed by atoms with van der Waals surface area (Å²) in [5.74, 6) is -0.816. The maximum Gasteiger partial charge on any atom is 0.276 e. The summed E-state index contributed by atoms with van der Waals surface area (Å²) in [5.41, 5.74) is 15.1. The van der Waals surface area contributed by atoms with Crippen LogP contribution in [0.4, 0.5) is 0 Å². The second kappa shape index (κ2) is 43.4. The highest BCUT2D eigenvalue weighted by Crippen LogP contribution is 2.57. The molecule has 2 aliphatic rings. The van der Waals surface area contributed by atoms with Crippen molar-refractivity contribution >= 4 is 21.6 Å². The predicted octanol–water partition coefficient (Wildman–Crippen LogP) is 14.0. The van der Waals surface area contributed by atoms with E-state index in [0.29, 0.717) is 12.8 Å². The van der Waals surface area contributed by atoms with Crippen LogP contribution in [0.15, 0.2) is 128 Å². The molecule has 1 amide bonds. The molecule has 88 heavy (non-hydrogen) atoms. The molecule has 2 fully saturated rings. The lowest BCUT2D eigenvalue weighted by Gasteiger charge is -2.48. The van der Waals surface area contributed by atoms with Gasteiger partial charge in [0.25, 0.3) is 15.6 Å². The van der Waals surface area contributed by atoms with E-state index < -0.39 is 96.1 Å². The molecule has 2 heterocycles. The first-order valence-electron chi connectivity index (χ1n) is 31.8. The number of phosphoric ester groups is 2. The van der Waals surface area contributed by atoms with Gasteiger partial charge in [-0.3, -0.25) is 18.4 Å². The fourth-order valence-corrected chi connectivity index (χ4v) is 12.1. The van der Waals surface area contributed by atoms with E-state index in [1.54, 1.807) is 6.92 Å². The zero-order valence-corrected chi connectivity index (χ0v) is 57.6. The topological polar surface area (TPSA) is 266 Å². The van der Waals surface area contributed by atoms with E-state index in [9.17, 15) is 49.2 Å². The minimum absolute atomic E-state index is 0.553. The number of hydrogen-bond donors (Lipinski definition) is 6. The molecule has 502 valence electrons. The van der Waals surface area contributed by atoms with Gasteiger partial charge in [-0.15, -0.1) is 0 Å². The molecule has 6 N–H and O–H groups in total. The van der Waals surface area contributed by atoms with Crippen LogP contribution in [0.2, 0.25) is 0 Å². The summed E-state index contributed by atoms with van der Waals surface area (Å²) in [7, 11) is -11.5. The summed E-state index contributed by atoms with van der Waals surface area (Å²) in [4.78, 5) is 37.8. The molecule has 2 aliphatic heterocycles. The van der Waals surface area contributed by atoms with E-state index >= 15 is 0 Å². The molecule has 0 aromatic carbocycles. The number of nitrogens with one attached hydrogen (secondary N) is 1. The van der Waals surface area contributed by atoms with E-state index in [-0.39, 0.29) is 0 Å². The number of carbonyl (C=O) groups excluding carboxylic acids is 1. The van der Waals surface area contributed by atoms with Crippen LogP contribution in [0, 0.1) is 0 Å². The Morgan fingerprint density at radius 3 is 1.10 bits per heavy atom. The monoisotopic (exact) mass is 1270 g/mol. The molecule has 19 heteroatoms. The van der Waals surface area contributed by atoms with Crippen LogP contribution in [0.25, 0.3) is 0 Å². The van der Waals surface area contributed by atoms with Crippen molar-refractivity contribution in [2.24, 2.45) is 0 Å². The first kappa shape index (κ1) is 80.6. The fraction of sp³-hybridized carbons (Fsp3) is 0.667. The zero-order chi connectivity index (χ0) is 66.0. The Hall–Kier alpha value is -3.45. The van der Waals surface area contributed by atoms with Gasteiger partial charge in [0.2, 0.25) is 5.91 Å². The van der Waals surface area contributed by atoms with Crippen LogP contribution in [-0.4, -0.2) is 106 Å². The van der Waals surface area contributed by atoms with Gasteiger partial charge in [0, 0.05) is 6.92 Å². The maximum absolute atomic E-state index is 13.0. The van der Waals surface area contributed by atoms with Crippen molar-refractivity contribution in [3.05, 3.63) is 128 Å². The average molecular weight is 1270 g/mol. The van der Waals surface area contributed by atoms with Gasteiger partial charge in [-0.2, -0.15) is 0 Å². The van der Waals surface area contributed by atoms with E-state index in [4.69, 9.17) is 23.3 Å². The number of ether oxygens (including phenoxy) is 3. The van der Waals surface area contributed by atoms with E-state index in [1.165, 1.54) is 68.7 Å². The van der Waals surface area contributed by atoms with Gasteiger partial charge >= 0.3 is 0 Å². The van der Waals surface area contributed by atoms with Crippen molar-refractivity contribution in [3.63, 3.8) is 0 Å². The molecule has 0 bridgehead atoms. The van der Waals surface area contributed by atoms with Crippen LogP contribution >= 0.6 is 15.6 Å². The van der Waals surface area contributed by atoms with Gasteiger partial charge in [-0.1, -0.05) is 128 Å². The summed E-state index contributed by atoms with van der Waals surface area (Å²) < 4.78 is 56.1. The molecular formula is C69H113NO16P2-2. The van der Waals surface area contributed by atoms with Crippen LogP contribution in [0.3, 0.4) is 0 Å². The second-order valence-corrected chi connectivity index (χ2v) is 27.7. The summed E-state index contributed by atoms with van der Waals surface area (Å²) in [6.45, 7) is 27.1. The first-order chi connectivity index (χ1) is 41.4. The maximum atomic E-state index is 13.0. The standard InChI is InChI=1S/C69H115NO16P2/c1-48(2)25-15-26-49(3)27-16-28-50(4)29-17-30-51(5)31-18-32-52(6)33-19-34-53(7)35-20-36-54(8)37-21-38-55(9)39-22-40-56(10)41-23-42-57(11)43-24-44-58(12)45-46-81-87(77,78)86-88(79,80)85-68-62(70-60(14)72)67(64(74)61(47-71)83-68)84-69-66(76)65(75)63(73)59(13)82-69/h25,27,29,31,33,35,37,39,41,43,45,59,61-69,71,73-76H,15-24,26,28,30,32,34,36,38,40,42,44,46-47H2,1-14H3,(H,70,72)(H,77,78)(H,79,80)/p-2/b49-27+,50-29+,51-31+,52-33+,53-35+,54-37+,55-39+,56-41+,57-43+,58-45+. The molecule has 0 aromatic rings. The van der Waals surface area contributed by atoms with Gasteiger partial charge in [0.1, 0.15) is 42.7 Å². The third-order valence-corrected chi connectivity index (χ3v) is 18.3. The second-order valence-electron chi connectivity index (χ2n) is 24.8. The van der Waals surface area contributed by atoms with Gasteiger partial charge in [-0.25, -0.2) is 4.31 Å². The number of amides is 1. The number of allylic oxidation sites excluding steroid dienone is 21. The first-order valence-corrected chi connectivity index (χ1v) is 34.8. The van der Waals surface area contributed by atoms with Crippen LogP contribution in [0.5, 0.6) is 0 Å². The van der Waals surface area contributed by atoms with Crippen molar-refractivity contribution in [2.45, 2.75) is 287 Å². The smallest absolute Gasteiger partial charge is 0.276 e. The van der Waals surface area contributed by atoms with E-state index in [2.05, 4.69) is 147 Å². The van der Waals surface area contributed by atoms with Crippen molar-refractivity contribution < 1.29 is 76.8 Å².